The molecule has 0 amide bonds. The summed E-state index contributed by atoms with van der Waals surface area (Å²) in [5.41, 5.74) is 6.43. The number of nitrogen functional groups attached to an aromatic ring is 1. The minimum absolute atomic E-state index is 0.0919. The molecule has 1 fully saturated rings. The topological polar surface area (TPSA) is 53.1 Å². The van der Waals surface area contributed by atoms with Crippen LogP contribution in [0, 0.1) is 17.1 Å². The smallest absolute Gasteiger partial charge is 0.147 e. The molecule has 0 saturated carbocycles. The lowest BCUT2D eigenvalue weighted by Gasteiger charge is -2.19. The van der Waals surface area contributed by atoms with E-state index in [0.717, 1.165) is 19.5 Å². The molecule has 1 saturated heterocycles. The van der Waals surface area contributed by atoms with Crippen molar-refractivity contribution in [1.29, 1.82) is 5.41 Å². The molecule has 4 heteroatoms. The molecule has 1 aliphatic rings. The molecule has 0 radical (unpaired) electrons. The minimum atomic E-state index is -0.278. The summed E-state index contributed by atoms with van der Waals surface area (Å²) in [5.74, 6) is 0.312. The molecule has 0 spiro atoms. The summed E-state index contributed by atoms with van der Waals surface area (Å²) >= 11 is 0. The first-order valence-corrected chi connectivity index (χ1v) is 6.50. The molecule has 0 bridgehead atoms. The largest absolute Gasteiger partial charge is 0.384 e. The van der Waals surface area contributed by atoms with Crippen LogP contribution >= 0.6 is 0 Å². The Morgan fingerprint density at radius 3 is 2.94 bits per heavy atom. The highest BCUT2D eigenvalue weighted by molar-refractivity contribution is 5.95. The number of hydrogen-bond donors (Lipinski definition) is 2. The second-order valence-corrected chi connectivity index (χ2v) is 4.97. The lowest BCUT2D eigenvalue weighted by Crippen LogP contribution is -2.21. The van der Waals surface area contributed by atoms with Gasteiger partial charge in [0, 0.05) is 18.7 Å². The van der Waals surface area contributed by atoms with Crippen molar-refractivity contribution in [3.8, 4) is 0 Å². The lowest BCUT2D eigenvalue weighted by molar-refractivity contribution is 0.529. The molecule has 98 valence electrons. The third-order valence-electron chi connectivity index (χ3n) is 3.58. The fourth-order valence-electron chi connectivity index (χ4n) is 2.63. The van der Waals surface area contributed by atoms with Crippen molar-refractivity contribution in [3.05, 3.63) is 29.6 Å². The van der Waals surface area contributed by atoms with Gasteiger partial charge in [-0.1, -0.05) is 13.3 Å². The van der Waals surface area contributed by atoms with Crippen molar-refractivity contribution < 1.29 is 4.39 Å². The Morgan fingerprint density at radius 1 is 1.56 bits per heavy atom. The summed E-state index contributed by atoms with van der Waals surface area (Å²) in [6.07, 6.45) is 3.54. The predicted molar refractivity (Wildman–Crippen MR) is 72.6 cm³/mol. The van der Waals surface area contributed by atoms with Gasteiger partial charge in [-0.15, -0.1) is 0 Å². The molecular formula is C14H20FN3. The molecule has 18 heavy (non-hydrogen) atoms. The van der Waals surface area contributed by atoms with Gasteiger partial charge < -0.3 is 10.6 Å². The number of anilines is 1. The fraction of sp³-hybridized carbons (Fsp3) is 0.500. The van der Waals surface area contributed by atoms with Crippen LogP contribution in [0.3, 0.4) is 0 Å². The van der Waals surface area contributed by atoms with E-state index in [1.54, 1.807) is 12.1 Å². The first kappa shape index (κ1) is 12.9. The van der Waals surface area contributed by atoms with Gasteiger partial charge in [-0.3, -0.25) is 5.41 Å². The van der Waals surface area contributed by atoms with Gasteiger partial charge in [0.1, 0.15) is 11.7 Å². The monoisotopic (exact) mass is 249 g/mol. The maximum atomic E-state index is 14.0. The summed E-state index contributed by atoms with van der Waals surface area (Å²) in [7, 11) is 0. The normalized spacial score (nSPS) is 19.2. The molecule has 3 nitrogen and oxygen atoms in total. The van der Waals surface area contributed by atoms with E-state index in [9.17, 15) is 4.39 Å². The Hall–Kier alpha value is -1.58. The number of nitrogens with zero attached hydrogens (tertiary/aromatic N) is 1. The molecule has 0 aromatic heterocycles. The van der Waals surface area contributed by atoms with Crippen LogP contribution in [0.4, 0.5) is 10.1 Å². The van der Waals surface area contributed by atoms with Crippen molar-refractivity contribution in [2.24, 2.45) is 11.7 Å². The van der Waals surface area contributed by atoms with Gasteiger partial charge in [-0.25, -0.2) is 4.39 Å². The molecule has 3 N–H and O–H groups in total. The SMILES string of the molecule is CCCC1CCN(c2ccc(C(=N)N)cc2F)C1. The number of nitrogens with two attached hydrogens (primary N) is 1. The molecule has 0 aliphatic carbocycles. The number of nitrogens with one attached hydrogen (secondary N) is 1. The van der Waals surface area contributed by atoms with Gasteiger partial charge in [0.25, 0.3) is 0 Å². The van der Waals surface area contributed by atoms with Gasteiger partial charge in [0.2, 0.25) is 0 Å². The Kier molecular flexibility index (Phi) is 3.84. The highest BCUT2D eigenvalue weighted by Gasteiger charge is 2.23. The van der Waals surface area contributed by atoms with Gasteiger partial charge in [0.05, 0.1) is 5.69 Å². The van der Waals surface area contributed by atoms with Crippen molar-refractivity contribution >= 4 is 11.5 Å². The number of rotatable bonds is 4. The zero-order valence-corrected chi connectivity index (χ0v) is 10.7. The van der Waals surface area contributed by atoms with Crippen LogP contribution in [-0.4, -0.2) is 18.9 Å². The second kappa shape index (κ2) is 5.38. The van der Waals surface area contributed by atoms with E-state index in [1.165, 1.54) is 18.9 Å². The molecule has 1 heterocycles. The van der Waals surface area contributed by atoms with Crippen molar-refractivity contribution in [2.45, 2.75) is 26.2 Å². The van der Waals surface area contributed by atoms with E-state index in [2.05, 4.69) is 11.8 Å². The summed E-state index contributed by atoms with van der Waals surface area (Å²) in [5, 5.41) is 7.30. The van der Waals surface area contributed by atoms with Crippen molar-refractivity contribution in [1.82, 2.24) is 0 Å². The lowest BCUT2D eigenvalue weighted by atomic mass is 10.0. The van der Waals surface area contributed by atoms with Gasteiger partial charge in [-0.05, 0) is 37.0 Å². The minimum Gasteiger partial charge on any atom is -0.384 e. The van der Waals surface area contributed by atoms with E-state index in [-0.39, 0.29) is 11.7 Å². The molecule has 1 aromatic carbocycles. The Labute approximate surface area is 107 Å². The first-order chi connectivity index (χ1) is 8.61. The highest BCUT2D eigenvalue weighted by Crippen LogP contribution is 2.28. The van der Waals surface area contributed by atoms with Crippen LogP contribution in [0.15, 0.2) is 18.2 Å². The molecule has 1 unspecified atom stereocenters. The average molecular weight is 249 g/mol. The number of hydrogen-bond acceptors (Lipinski definition) is 2. The van der Waals surface area contributed by atoms with Crippen molar-refractivity contribution in [3.63, 3.8) is 0 Å². The molecular weight excluding hydrogens is 229 g/mol. The highest BCUT2D eigenvalue weighted by atomic mass is 19.1. The van der Waals surface area contributed by atoms with E-state index in [4.69, 9.17) is 11.1 Å². The Bertz CT molecular complexity index is 445. The number of benzene rings is 1. The van der Waals surface area contributed by atoms with Gasteiger partial charge in [0.15, 0.2) is 0 Å². The summed E-state index contributed by atoms with van der Waals surface area (Å²) in [6.45, 7) is 4.04. The fourth-order valence-corrected chi connectivity index (χ4v) is 2.63. The van der Waals surface area contributed by atoms with Crippen LogP contribution in [0.25, 0.3) is 0 Å². The molecule has 2 rings (SSSR count). The number of halogens is 1. The average Bonchev–Trinajstić information content (AvgIpc) is 2.77. The summed E-state index contributed by atoms with van der Waals surface area (Å²) in [6, 6.07) is 4.80. The molecule has 1 aromatic rings. The Balaban J connectivity index is 2.12. The van der Waals surface area contributed by atoms with E-state index in [0.29, 0.717) is 17.2 Å². The first-order valence-electron chi connectivity index (χ1n) is 6.50. The third-order valence-corrected chi connectivity index (χ3v) is 3.58. The maximum absolute atomic E-state index is 14.0. The summed E-state index contributed by atoms with van der Waals surface area (Å²) < 4.78 is 14.0. The van der Waals surface area contributed by atoms with Gasteiger partial charge in [-0.2, -0.15) is 0 Å². The molecule has 1 aliphatic heterocycles. The maximum Gasteiger partial charge on any atom is 0.147 e. The van der Waals surface area contributed by atoms with Crippen LogP contribution in [0.2, 0.25) is 0 Å². The standard InChI is InChI=1S/C14H20FN3/c1-2-3-10-6-7-18(9-10)13-5-4-11(14(16)17)8-12(13)15/h4-5,8,10H,2-3,6-7,9H2,1H3,(H3,16,17). The van der Waals surface area contributed by atoms with Crippen LogP contribution in [0.5, 0.6) is 0 Å². The third kappa shape index (κ3) is 2.63. The zero-order chi connectivity index (χ0) is 13.1. The predicted octanol–water partition coefficient (Wildman–Crippen LogP) is 2.74. The second-order valence-electron chi connectivity index (χ2n) is 4.97. The van der Waals surface area contributed by atoms with Crippen LogP contribution in [-0.2, 0) is 0 Å². The molecule has 1 atom stereocenters. The quantitative estimate of drug-likeness (QED) is 0.637. The zero-order valence-electron chi connectivity index (χ0n) is 10.7. The summed E-state index contributed by atoms with van der Waals surface area (Å²) in [4.78, 5) is 2.10. The van der Waals surface area contributed by atoms with E-state index >= 15 is 0 Å². The van der Waals surface area contributed by atoms with E-state index in [1.807, 2.05) is 0 Å². The van der Waals surface area contributed by atoms with Crippen LogP contribution in [0.1, 0.15) is 31.7 Å². The number of amidine groups is 1. The van der Waals surface area contributed by atoms with Gasteiger partial charge >= 0.3 is 0 Å². The van der Waals surface area contributed by atoms with Crippen LogP contribution < -0.4 is 10.6 Å². The van der Waals surface area contributed by atoms with E-state index < -0.39 is 0 Å². The van der Waals surface area contributed by atoms with Crippen molar-refractivity contribution in [2.75, 3.05) is 18.0 Å². The Morgan fingerprint density at radius 2 is 2.33 bits per heavy atom.